The summed E-state index contributed by atoms with van der Waals surface area (Å²) in [4.78, 5) is 13.2. The van der Waals surface area contributed by atoms with Gasteiger partial charge in [0.25, 0.3) is 0 Å². The van der Waals surface area contributed by atoms with Crippen LogP contribution in [0.1, 0.15) is 25.7 Å². The third-order valence-corrected chi connectivity index (χ3v) is 2.95. The van der Waals surface area contributed by atoms with Gasteiger partial charge in [-0.2, -0.15) is 0 Å². The molecule has 0 atom stereocenters. The zero-order valence-electron chi connectivity index (χ0n) is 6.83. The molecule has 0 unspecified atom stereocenters. The number of carbonyl (C=O) groups is 1. The summed E-state index contributed by atoms with van der Waals surface area (Å²) in [7, 11) is 0. The molecule has 0 radical (unpaired) electrons. The van der Waals surface area contributed by atoms with E-state index in [1.54, 1.807) is 0 Å². The number of amides is 1. The van der Waals surface area contributed by atoms with Gasteiger partial charge in [-0.3, -0.25) is 0 Å². The quantitative estimate of drug-likeness (QED) is 0.590. The standard InChI is InChI=1S/C8H12ClNO2/c9-5-12-8(11)10-6-1-2-7(10)4-3-6/h6-7H,1-5H2. The molecule has 2 aliphatic rings. The van der Waals surface area contributed by atoms with Gasteiger partial charge in [0.05, 0.1) is 0 Å². The summed E-state index contributed by atoms with van der Waals surface area (Å²) < 4.78 is 4.76. The average molecular weight is 190 g/mol. The number of ether oxygens (including phenoxy) is 1. The maximum atomic E-state index is 11.3. The van der Waals surface area contributed by atoms with Crippen molar-refractivity contribution in [1.82, 2.24) is 4.90 Å². The lowest BCUT2D eigenvalue weighted by Gasteiger charge is -2.20. The molecule has 0 spiro atoms. The topological polar surface area (TPSA) is 29.5 Å². The van der Waals surface area contributed by atoms with Crippen molar-refractivity contribution in [3.8, 4) is 0 Å². The fourth-order valence-electron chi connectivity index (χ4n) is 2.33. The third kappa shape index (κ3) is 1.16. The van der Waals surface area contributed by atoms with Gasteiger partial charge in [0.1, 0.15) is 0 Å². The maximum absolute atomic E-state index is 11.3. The number of hydrogen-bond donors (Lipinski definition) is 0. The third-order valence-electron chi connectivity index (χ3n) is 2.84. The zero-order valence-corrected chi connectivity index (χ0v) is 7.59. The van der Waals surface area contributed by atoms with E-state index < -0.39 is 0 Å². The Labute approximate surface area is 76.6 Å². The molecule has 12 heavy (non-hydrogen) atoms. The average Bonchev–Trinajstić information content (AvgIpc) is 2.62. The van der Waals surface area contributed by atoms with Crippen molar-refractivity contribution in [2.75, 3.05) is 6.07 Å². The second-order valence-corrected chi connectivity index (χ2v) is 3.61. The number of nitrogens with zero attached hydrogens (tertiary/aromatic N) is 1. The molecule has 2 heterocycles. The summed E-state index contributed by atoms with van der Waals surface area (Å²) in [6.07, 6.45) is 4.34. The highest BCUT2D eigenvalue weighted by atomic mass is 35.5. The van der Waals surface area contributed by atoms with Crippen molar-refractivity contribution in [2.45, 2.75) is 37.8 Å². The molecule has 0 saturated carbocycles. The van der Waals surface area contributed by atoms with Gasteiger partial charge in [0, 0.05) is 12.1 Å². The van der Waals surface area contributed by atoms with Crippen LogP contribution in [0.15, 0.2) is 0 Å². The van der Waals surface area contributed by atoms with Gasteiger partial charge in [0.2, 0.25) is 0 Å². The highest BCUT2D eigenvalue weighted by Gasteiger charge is 2.42. The summed E-state index contributed by atoms with van der Waals surface area (Å²) in [6.45, 7) is 0. The molecule has 4 heteroatoms. The zero-order chi connectivity index (χ0) is 8.55. The van der Waals surface area contributed by atoms with Crippen LogP contribution < -0.4 is 0 Å². The van der Waals surface area contributed by atoms with Gasteiger partial charge in [-0.05, 0) is 25.7 Å². The highest BCUT2D eigenvalue weighted by Crippen LogP contribution is 2.37. The molecule has 2 fully saturated rings. The molecule has 0 aliphatic carbocycles. The number of halogens is 1. The van der Waals surface area contributed by atoms with Crippen molar-refractivity contribution >= 4 is 17.7 Å². The van der Waals surface area contributed by atoms with E-state index in [4.69, 9.17) is 16.3 Å². The lowest BCUT2D eigenvalue weighted by atomic mass is 10.0. The van der Waals surface area contributed by atoms with Gasteiger partial charge >= 0.3 is 6.09 Å². The fourth-order valence-corrected chi connectivity index (χ4v) is 2.43. The minimum Gasteiger partial charge on any atom is -0.433 e. The van der Waals surface area contributed by atoms with Gasteiger partial charge in [-0.15, -0.1) is 0 Å². The molecule has 0 N–H and O–H groups in total. The minimum atomic E-state index is -0.227. The van der Waals surface area contributed by atoms with Crippen LogP contribution in [0.5, 0.6) is 0 Å². The van der Waals surface area contributed by atoms with E-state index in [1.165, 1.54) is 0 Å². The molecule has 2 aliphatic heterocycles. The van der Waals surface area contributed by atoms with Crippen molar-refractivity contribution < 1.29 is 9.53 Å². The van der Waals surface area contributed by atoms with E-state index in [-0.39, 0.29) is 12.2 Å². The first-order valence-corrected chi connectivity index (χ1v) is 4.87. The molecule has 2 saturated heterocycles. The molecule has 1 amide bonds. The lowest BCUT2D eigenvalue weighted by molar-refractivity contribution is 0.112. The molecule has 0 aromatic heterocycles. The number of fused-ring (bicyclic) bond motifs is 2. The van der Waals surface area contributed by atoms with E-state index in [0.29, 0.717) is 12.1 Å². The minimum absolute atomic E-state index is 0.0330. The number of alkyl halides is 1. The predicted molar refractivity (Wildman–Crippen MR) is 45.1 cm³/mol. The Morgan fingerprint density at radius 2 is 1.83 bits per heavy atom. The fraction of sp³-hybridized carbons (Fsp3) is 0.875. The van der Waals surface area contributed by atoms with Gasteiger partial charge in [0.15, 0.2) is 6.07 Å². The van der Waals surface area contributed by atoms with Gasteiger partial charge in [-0.25, -0.2) is 4.79 Å². The smallest absolute Gasteiger partial charge is 0.411 e. The highest BCUT2D eigenvalue weighted by molar-refractivity contribution is 6.17. The van der Waals surface area contributed by atoms with E-state index in [9.17, 15) is 4.79 Å². The molecule has 2 bridgehead atoms. The SMILES string of the molecule is O=C(OCCl)N1C2CCC1CC2. The van der Waals surface area contributed by atoms with E-state index in [0.717, 1.165) is 25.7 Å². The van der Waals surface area contributed by atoms with Crippen LogP contribution in [-0.4, -0.2) is 29.1 Å². The second kappa shape index (κ2) is 3.13. The van der Waals surface area contributed by atoms with Crippen LogP contribution >= 0.6 is 11.6 Å². The van der Waals surface area contributed by atoms with Crippen LogP contribution in [0.2, 0.25) is 0 Å². The predicted octanol–water partition coefficient (Wildman–Crippen LogP) is 1.95. The molecular weight excluding hydrogens is 178 g/mol. The monoisotopic (exact) mass is 189 g/mol. The second-order valence-electron chi connectivity index (χ2n) is 3.39. The van der Waals surface area contributed by atoms with E-state index >= 15 is 0 Å². The van der Waals surface area contributed by atoms with Gasteiger partial charge in [-0.1, -0.05) is 11.6 Å². The van der Waals surface area contributed by atoms with Gasteiger partial charge < -0.3 is 9.64 Å². The van der Waals surface area contributed by atoms with Crippen LogP contribution in [0.3, 0.4) is 0 Å². The normalized spacial score (nSPS) is 32.6. The molecule has 2 rings (SSSR count). The molecular formula is C8H12ClNO2. The summed E-state index contributed by atoms with van der Waals surface area (Å²) in [5.41, 5.74) is 0. The summed E-state index contributed by atoms with van der Waals surface area (Å²) in [5.74, 6) is 0. The largest absolute Gasteiger partial charge is 0.433 e. The first-order chi connectivity index (χ1) is 5.83. The Bertz CT molecular complexity index is 177. The Kier molecular flexibility index (Phi) is 2.13. The summed E-state index contributed by atoms with van der Waals surface area (Å²) >= 11 is 5.32. The van der Waals surface area contributed by atoms with Crippen LogP contribution in [0.25, 0.3) is 0 Å². The Morgan fingerprint density at radius 1 is 1.33 bits per heavy atom. The van der Waals surface area contributed by atoms with Crippen molar-refractivity contribution in [1.29, 1.82) is 0 Å². The first kappa shape index (κ1) is 8.17. The first-order valence-electron chi connectivity index (χ1n) is 4.34. The van der Waals surface area contributed by atoms with Crippen molar-refractivity contribution in [2.24, 2.45) is 0 Å². The molecule has 0 aromatic rings. The number of hydrogen-bond acceptors (Lipinski definition) is 2. The number of carbonyl (C=O) groups excluding carboxylic acids is 1. The molecule has 0 aromatic carbocycles. The Morgan fingerprint density at radius 3 is 2.25 bits per heavy atom. The molecule has 68 valence electrons. The lowest BCUT2D eigenvalue weighted by Crippen LogP contribution is -2.35. The summed E-state index contributed by atoms with van der Waals surface area (Å²) in [5, 5.41) is 0. The van der Waals surface area contributed by atoms with Crippen LogP contribution in [0, 0.1) is 0 Å². The Balaban J connectivity index is 2.00. The Hall–Kier alpha value is -0.440. The van der Waals surface area contributed by atoms with Crippen molar-refractivity contribution in [3.63, 3.8) is 0 Å². The maximum Gasteiger partial charge on any atom is 0.411 e. The molecule has 3 nitrogen and oxygen atoms in total. The van der Waals surface area contributed by atoms with Crippen LogP contribution in [-0.2, 0) is 4.74 Å². The number of rotatable bonds is 1. The van der Waals surface area contributed by atoms with E-state index in [2.05, 4.69) is 0 Å². The summed E-state index contributed by atoms with van der Waals surface area (Å²) in [6, 6.07) is 0.839. The van der Waals surface area contributed by atoms with Crippen LogP contribution in [0.4, 0.5) is 4.79 Å². The van der Waals surface area contributed by atoms with Crippen molar-refractivity contribution in [3.05, 3.63) is 0 Å². The van der Waals surface area contributed by atoms with E-state index in [1.807, 2.05) is 4.90 Å².